The third kappa shape index (κ3) is 3.07. The van der Waals surface area contributed by atoms with E-state index in [9.17, 15) is 8.42 Å². The molecule has 2 aromatic rings. The number of sulfonamides is 1. The minimum Gasteiger partial charge on any atom is -0.364 e. The molecule has 1 aliphatic rings. The number of rotatable bonds is 3. The zero-order chi connectivity index (χ0) is 16.6. The lowest BCUT2D eigenvalue weighted by Crippen LogP contribution is -2.28. The van der Waals surface area contributed by atoms with Gasteiger partial charge in [0.05, 0.1) is 16.5 Å². The Hall–Kier alpha value is -2.36. The van der Waals surface area contributed by atoms with E-state index in [1.54, 1.807) is 24.3 Å². The van der Waals surface area contributed by atoms with Gasteiger partial charge in [-0.25, -0.2) is 13.6 Å². The van der Waals surface area contributed by atoms with Crippen molar-refractivity contribution in [2.45, 2.75) is 30.8 Å². The van der Waals surface area contributed by atoms with Crippen LogP contribution >= 0.6 is 0 Å². The molecule has 118 valence electrons. The topological polar surface area (TPSA) is 87.2 Å². The molecule has 0 amide bonds. The lowest BCUT2D eigenvalue weighted by Gasteiger charge is -2.25. The Morgan fingerprint density at radius 2 is 1.96 bits per heavy atom. The molecule has 0 spiro atoms. The zero-order valence-corrected chi connectivity index (χ0v) is 13.5. The van der Waals surface area contributed by atoms with Crippen molar-refractivity contribution >= 4 is 15.7 Å². The van der Waals surface area contributed by atoms with Gasteiger partial charge in [0.25, 0.3) is 0 Å². The lowest BCUT2D eigenvalue weighted by molar-refractivity contribution is 0.597. The first-order chi connectivity index (χ1) is 10.9. The monoisotopic (exact) mass is 327 g/mol. The van der Waals surface area contributed by atoms with Crippen LogP contribution in [0.4, 0.5) is 5.69 Å². The quantitative estimate of drug-likeness (QED) is 0.936. The van der Waals surface area contributed by atoms with Gasteiger partial charge < -0.3 is 4.90 Å². The predicted octanol–water partition coefficient (Wildman–Crippen LogP) is 2.16. The second-order valence-electron chi connectivity index (χ2n) is 5.83. The fourth-order valence-corrected chi connectivity index (χ4v) is 3.54. The average Bonchev–Trinajstić information content (AvgIpc) is 2.82. The molecule has 0 radical (unpaired) electrons. The van der Waals surface area contributed by atoms with E-state index in [-0.39, 0.29) is 10.9 Å². The van der Waals surface area contributed by atoms with E-state index in [1.165, 1.54) is 0 Å². The van der Waals surface area contributed by atoms with Crippen LogP contribution in [-0.2, 0) is 23.0 Å². The first-order valence-electron chi connectivity index (χ1n) is 7.30. The average molecular weight is 327 g/mol. The van der Waals surface area contributed by atoms with Gasteiger partial charge in [-0.1, -0.05) is 12.1 Å². The normalized spacial score (nSPS) is 16.9. The van der Waals surface area contributed by atoms with Crippen molar-refractivity contribution in [3.05, 3.63) is 59.2 Å². The SMILES string of the molecule is CC1Cc2cc(S(N)(=O)=O)ccc2N1Cc1ccc(C#N)cc1. The maximum Gasteiger partial charge on any atom is 0.238 e. The summed E-state index contributed by atoms with van der Waals surface area (Å²) in [5.74, 6) is 0. The van der Waals surface area contributed by atoms with Gasteiger partial charge in [0.15, 0.2) is 0 Å². The van der Waals surface area contributed by atoms with Crippen molar-refractivity contribution in [1.29, 1.82) is 5.26 Å². The number of fused-ring (bicyclic) bond motifs is 1. The summed E-state index contributed by atoms with van der Waals surface area (Å²) in [5, 5.41) is 14.1. The van der Waals surface area contributed by atoms with Crippen LogP contribution in [0.15, 0.2) is 47.4 Å². The van der Waals surface area contributed by atoms with E-state index in [0.717, 1.165) is 23.2 Å². The number of anilines is 1. The van der Waals surface area contributed by atoms with E-state index in [0.29, 0.717) is 12.1 Å². The van der Waals surface area contributed by atoms with Crippen molar-refractivity contribution in [1.82, 2.24) is 0 Å². The Labute approximate surface area is 136 Å². The van der Waals surface area contributed by atoms with Crippen LogP contribution in [0.1, 0.15) is 23.6 Å². The summed E-state index contributed by atoms with van der Waals surface area (Å²) in [6.45, 7) is 2.83. The molecule has 1 atom stereocenters. The van der Waals surface area contributed by atoms with Crippen molar-refractivity contribution in [3.8, 4) is 6.07 Å². The van der Waals surface area contributed by atoms with E-state index < -0.39 is 10.0 Å². The van der Waals surface area contributed by atoms with Crippen molar-refractivity contribution in [2.24, 2.45) is 5.14 Å². The van der Waals surface area contributed by atoms with Gasteiger partial charge in [-0.2, -0.15) is 5.26 Å². The van der Waals surface area contributed by atoms with Crippen LogP contribution < -0.4 is 10.0 Å². The Kier molecular flexibility index (Phi) is 3.84. The Bertz CT molecular complexity index is 883. The van der Waals surface area contributed by atoms with Gasteiger partial charge in [0, 0.05) is 18.3 Å². The minimum absolute atomic E-state index is 0.156. The number of primary sulfonamides is 1. The van der Waals surface area contributed by atoms with Gasteiger partial charge in [-0.3, -0.25) is 0 Å². The molecule has 2 N–H and O–H groups in total. The van der Waals surface area contributed by atoms with Crippen LogP contribution in [0.3, 0.4) is 0 Å². The predicted molar refractivity (Wildman–Crippen MR) is 88.3 cm³/mol. The Morgan fingerprint density at radius 1 is 1.26 bits per heavy atom. The standard InChI is InChI=1S/C17H17N3O2S/c1-12-8-15-9-16(23(19,21)22)6-7-17(15)20(12)11-14-4-2-13(10-18)3-5-14/h2-7,9,12H,8,11H2,1H3,(H2,19,21,22). The van der Waals surface area contributed by atoms with Crippen molar-refractivity contribution in [2.75, 3.05) is 4.90 Å². The van der Waals surface area contributed by atoms with Crippen LogP contribution in [0.5, 0.6) is 0 Å². The molecule has 0 aromatic heterocycles. The molecule has 0 saturated carbocycles. The fourth-order valence-electron chi connectivity index (χ4n) is 2.97. The van der Waals surface area contributed by atoms with Gasteiger partial charge in [0.1, 0.15) is 0 Å². The van der Waals surface area contributed by atoms with Crippen molar-refractivity contribution in [3.63, 3.8) is 0 Å². The Balaban J connectivity index is 1.89. The molecule has 3 rings (SSSR count). The second kappa shape index (κ2) is 5.69. The summed E-state index contributed by atoms with van der Waals surface area (Å²) in [7, 11) is -3.68. The molecule has 0 bridgehead atoms. The molecular weight excluding hydrogens is 310 g/mol. The summed E-state index contributed by atoms with van der Waals surface area (Å²) in [4.78, 5) is 2.40. The van der Waals surface area contributed by atoms with Crippen LogP contribution in [0.2, 0.25) is 0 Å². The molecule has 6 heteroatoms. The van der Waals surface area contributed by atoms with Crippen molar-refractivity contribution < 1.29 is 8.42 Å². The van der Waals surface area contributed by atoms with Crippen LogP contribution in [-0.4, -0.2) is 14.5 Å². The molecule has 2 aromatic carbocycles. The molecule has 0 aliphatic carbocycles. The highest BCUT2D eigenvalue weighted by atomic mass is 32.2. The van der Waals surface area contributed by atoms with Crippen LogP contribution in [0, 0.1) is 11.3 Å². The number of nitrogens with zero attached hydrogens (tertiary/aromatic N) is 2. The third-order valence-corrected chi connectivity index (χ3v) is 5.08. The lowest BCUT2D eigenvalue weighted by atomic mass is 10.1. The highest BCUT2D eigenvalue weighted by molar-refractivity contribution is 7.89. The summed E-state index contributed by atoms with van der Waals surface area (Å²) < 4.78 is 23.0. The van der Waals surface area contributed by atoms with E-state index >= 15 is 0 Å². The highest BCUT2D eigenvalue weighted by Crippen LogP contribution is 2.34. The molecule has 0 fully saturated rings. The molecule has 0 saturated heterocycles. The molecule has 1 unspecified atom stereocenters. The van der Waals surface area contributed by atoms with Gasteiger partial charge in [-0.05, 0) is 54.8 Å². The van der Waals surface area contributed by atoms with Crippen LogP contribution in [0.25, 0.3) is 0 Å². The summed E-state index contributed by atoms with van der Waals surface area (Å²) in [5.41, 5.74) is 3.78. The largest absolute Gasteiger partial charge is 0.364 e. The third-order valence-electron chi connectivity index (χ3n) is 4.17. The smallest absolute Gasteiger partial charge is 0.238 e. The maximum atomic E-state index is 11.5. The zero-order valence-electron chi connectivity index (χ0n) is 12.7. The number of hydrogen-bond donors (Lipinski definition) is 1. The van der Waals surface area contributed by atoms with E-state index in [4.69, 9.17) is 10.4 Å². The summed E-state index contributed by atoms with van der Waals surface area (Å²) in [6, 6.07) is 14.9. The number of nitriles is 1. The van der Waals surface area contributed by atoms with Gasteiger partial charge in [0.2, 0.25) is 10.0 Å². The number of benzene rings is 2. The maximum absolute atomic E-state index is 11.5. The molecule has 1 heterocycles. The molecule has 1 aliphatic heterocycles. The number of nitrogens with two attached hydrogens (primary N) is 1. The molecule has 23 heavy (non-hydrogen) atoms. The first kappa shape index (κ1) is 15.5. The van der Waals surface area contributed by atoms with E-state index in [2.05, 4.69) is 17.9 Å². The first-order valence-corrected chi connectivity index (χ1v) is 8.84. The van der Waals surface area contributed by atoms with Gasteiger partial charge >= 0.3 is 0 Å². The Morgan fingerprint density at radius 3 is 2.57 bits per heavy atom. The highest BCUT2D eigenvalue weighted by Gasteiger charge is 2.27. The summed E-state index contributed by atoms with van der Waals surface area (Å²) in [6.07, 6.45) is 0.787. The second-order valence-corrected chi connectivity index (χ2v) is 7.39. The molecular formula is C17H17N3O2S. The number of hydrogen-bond acceptors (Lipinski definition) is 4. The minimum atomic E-state index is -3.68. The molecule has 5 nitrogen and oxygen atoms in total. The van der Waals surface area contributed by atoms with E-state index in [1.807, 2.05) is 18.2 Å². The fraction of sp³-hybridized carbons (Fsp3) is 0.235. The summed E-state index contributed by atoms with van der Waals surface area (Å²) >= 11 is 0. The van der Waals surface area contributed by atoms with Gasteiger partial charge in [-0.15, -0.1) is 0 Å².